The van der Waals surface area contributed by atoms with Crippen molar-refractivity contribution >= 4 is 6.41 Å². The van der Waals surface area contributed by atoms with Gasteiger partial charge in [0.25, 0.3) is 0 Å². The molecule has 0 spiro atoms. The molecule has 0 aliphatic carbocycles. The first-order valence-corrected chi connectivity index (χ1v) is 4.81. The number of hydrogen-bond donors (Lipinski definition) is 1. The van der Waals surface area contributed by atoms with Gasteiger partial charge in [-0.2, -0.15) is 0 Å². The zero-order chi connectivity index (χ0) is 11.0. The molecule has 0 aromatic carbocycles. The molecule has 78 valence electrons. The lowest BCUT2D eigenvalue weighted by molar-refractivity contribution is -0.109. The summed E-state index contributed by atoms with van der Waals surface area (Å²) < 4.78 is 0. The second kappa shape index (κ2) is 7.13. The van der Waals surface area contributed by atoms with E-state index in [4.69, 9.17) is 0 Å². The molecule has 0 atom stereocenters. The smallest absolute Gasteiger partial charge is 0.207 e. The van der Waals surface area contributed by atoms with Crippen molar-refractivity contribution in [3.8, 4) is 0 Å². The van der Waals surface area contributed by atoms with E-state index < -0.39 is 0 Å². The van der Waals surface area contributed by atoms with Gasteiger partial charge >= 0.3 is 0 Å². The summed E-state index contributed by atoms with van der Waals surface area (Å²) in [5.74, 6) is 0.517. The third-order valence-electron chi connectivity index (χ3n) is 1.92. The molecule has 0 rings (SSSR count). The van der Waals surface area contributed by atoms with Gasteiger partial charge in [0.1, 0.15) is 0 Å². The molecule has 14 heavy (non-hydrogen) atoms. The Labute approximate surface area is 86.4 Å². The lowest BCUT2D eigenvalue weighted by Crippen LogP contribution is -2.12. The van der Waals surface area contributed by atoms with Crippen LogP contribution >= 0.6 is 0 Å². The molecular formula is C12H19NO. The van der Waals surface area contributed by atoms with Gasteiger partial charge in [-0.05, 0) is 24.0 Å². The Morgan fingerprint density at radius 3 is 2.50 bits per heavy atom. The summed E-state index contributed by atoms with van der Waals surface area (Å²) in [6.07, 6.45) is 6.74. The van der Waals surface area contributed by atoms with Crippen LogP contribution in [0.25, 0.3) is 0 Å². The van der Waals surface area contributed by atoms with E-state index in [1.54, 1.807) is 0 Å². The lowest BCUT2D eigenvalue weighted by atomic mass is 10.0. The van der Waals surface area contributed by atoms with Crippen LogP contribution in [0.5, 0.6) is 0 Å². The number of nitrogens with one attached hydrogen (secondary N) is 1. The highest BCUT2D eigenvalue weighted by Gasteiger charge is 1.96. The summed E-state index contributed by atoms with van der Waals surface area (Å²) in [6, 6.07) is 0. The number of amides is 1. The maximum Gasteiger partial charge on any atom is 0.207 e. The third-order valence-corrected chi connectivity index (χ3v) is 1.92. The number of carbonyl (C=O) groups excluding carboxylic acids is 1. The van der Waals surface area contributed by atoms with E-state index in [-0.39, 0.29) is 0 Å². The van der Waals surface area contributed by atoms with Gasteiger partial charge in [-0.15, -0.1) is 0 Å². The minimum absolute atomic E-state index is 0.509. The third kappa shape index (κ3) is 5.36. The Morgan fingerprint density at radius 2 is 2.07 bits per heavy atom. The van der Waals surface area contributed by atoms with E-state index in [2.05, 4.69) is 31.8 Å². The maximum atomic E-state index is 10.0. The first-order chi connectivity index (χ1) is 6.61. The average molecular weight is 193 g/mol. The zero-order valence-corrected chi connectivity index (χ0v) is 9.21. The van der Waals surface area contributed by atoms with Crippen molar-refractivity contribution in [2.45, 2.75) is 20.8 Å². The fourth-order valence-electron chi connectivity index (χ4n) is 1.07. The van der Waals surface area contributed by atoms with Crippen LogP contribution in [0, 0.1) is 5.92 Å². The van der Waals surface area contributed by atoms with Gasteiger partial charge in [-0.3, -0.25) is 4.79 Å². The molecule has 0 fully saturated rings. The second-order valence-electron chi connectivity index (χ2n) is 3.43. The molecule has 0 radical (unpaired) electrons. The summed E-state index contributed by atoms with van der Waals surface area (Å²) in [5, 5.41) is 2.57. The fourth-order valence-corrected chi connectivity index (χ4v) is 1.07. The molecule has 2 nitrogen and oxygen atoms in total. The number of carbonyl (C=O) groups is 1. The van der Waals surface area contributed by atoms with Crippen molar-refractivity contribution in [1.82, 2.24) is 5.32 Å². The maximum absolute atomic E-state index is 10.0. The van der Waals surface area contributed by atoms with Crippen molar-refractivity contribution < 1.29 is 4.79 Å². The summed E-state index contributed by atoms with van der Waals surface area (Å²) >= 11 is 0. The normalized spacial score (nSPS) is 12.1. The van der Waals surface area contributed by atoms with Crippen LogP contribution < -0.4 is 5.32 Å². The van der Waals surface area contributed by atoms with E-state index in [9.17, 15) is 4.79 Å². The van der Waals surface area contributed by atoms with E-state index in [0.29, 0.717) is 18.9 Å². The van der Waals surface area contributed by atoms with Crippen LogP contribution in [0.15, 0.2) is 36.0 Å². The van der Waals surface area contributed by atoms with Gasteiger partial charge in [0, 0.05) is 6.54 Å². The van der Waals surface area contributed by atoms with E-state index >= 15 is 0 Å². The Kier molecular flexibility index (Phi) is 6.46. The average Bonchev–Trinajstić information content (AvgIpc) is 2.15. The van der Waals surface area contributed by atoms with Crippen LogP contribution in [0.1, 0.15) is 20.8 Å². The van der Waals surface area contributed by atoms with Crippen LogP contribution in [0.2, 0.25) is 0 Å². The molecule has 2 heteroatoms. The molecule has 1 N–H and O–H groups in total. The molecule has 0 aliphatic rings. The molecule has 0 heterocycles. The minimum atomic E-state index is 0.509. The van der Waals surface area contributed by atoms with Gasteiger partial charge in [-0.25, -0.2) is 0 Å². The minimum Gasteiger partial charge on any atom is -0.355 e. The fraction of sp³-hybridized carbons (Fsp3) is 0.417. The molecule has 0 aromatic rings. The summed E-state index contributed by atoms with van der Waals surface area (Å²) in [7, 11) is 0. The van der Waals surface area contributed by atoms with Gasteiger partial charge in [0.2, 0.25) is 6.41 Å². The first kappa shape index (κ1) is 12.7. The highest BCUT2D eigenvalue weighted by molar-refractivity contribution is 5.47. The highest BCUT2D eigenvalue weighted by Crippen LogP contribution is 2.11. The Bertz CT molecular complexity index is 249. The Hall–Kier alpha value is -1.31. The van der Waals surface area contributed by atoms with Gasteiger partial charge in [0.15, 0.2) is 0 Å². The molecule has 0 bridgehead atoms. The van der Waals surface area contributed by atoms with Gasteiger partial charge in [0.05, 0.1) is 0 Å². The molecule has 1 amide bonds. The Balaban J connectivity index is 4.14. The molecule has 0 unspecified atom stereocenters. The molecular weight excluding hydrogens is 174 g/mol. The van der Waals surface area contributed by atoms with Crippen LogP contribution in [0.3, 0.4) is 0 Å². The summed E-state index contributed by atoms with van der Waals surface area (Å²) in [4.78, 5) is 10.0. The number of allylic oxidation sites excluding steroid dienone is 3. The van der Waals surface area contributed by atoms with E-state index in [0.717, 1.165) is 5.57 Å². The Morgan fingerprint density at radius 1 is 1.43 bits per heavy atom. The number of hydrogen-bond acceptors (Lipinski definition) is 1. The molecule has 0 saturated heterocycles. The topological polar surface area (TPSA) is 29.1 Å². The zero-order valence-electron chi connectivity index (χ0n) is 9.21. The van der Waals surface area contributed by atoms with Crippen molar-refractivity contribution in [3.63, 3.8) is 0 Å². The summed E-state index contributed by atoms with van der Waals surface area (Å²) in [5.41, 5.74) is 2.18. The van der Waals surface area contributed by atoms with Crippen molar-refractivity contribution in [2.75, 3.05) is 6.54 Å². The van der Waals surface area contributed by atoms with Crippen molar-refractivity contribution in [3.05, 3.63) is 36.0 Å². The predicted molar refractivity (Wildman–Crippen MR) is 60.9 cm³/mol. The largest absolute Gasteiger partial charge is 0.355 e. The molecule has 0 aliphatic heterocycles. The van der Waals surface area contributed by atoms with Crippen molar-refractivity contribution in [1.29, 1.82) is 0 Å². The summed E-state index contributed by atoms with van der Waals surface area (Å²) in [6.45, 7) is 10.6. The standard InChI is InChI=1S/C12H19NO/c1-5-12(10(2)3)7-6-11(4)8-13-9-14/h5-7,9-10H,4,8H2,1-3H3,(H,13,14)/b7-6-,12-5+. The number of rotatable bonds is 6. The monoisotopic (exact) mass is 193 g/mol. The lowest BCUT2D eigenvalue weighted by Gasteiger charge is -2.05. The van der Waals surface area contributed by atoms with E-state index in [1.807, 2.05) is 19.1 Å². The quantitative estimate of drug-likeness (QED) is 0.509. The van der Waals surface area contributed by atoms with Crippen LogP contribution in [-0.2, 0) is 4.79 Å². The SMILES string of the molecule is C=C(/C=C\C(=C/C)C(C)C)CNC=O. The highest BCUT2D eigenvalue weighted by atomic mass is 16.1. The van der Waals surface area contributed by atoms with E-state index in [1.165, 1.54) is 5.57 Å². The van der Waals surface area contributed by atoms with Crippen LogP contribution in [-0.4, -0.2) is 13.0 Å². The van der Waals surface area contributed by atoms with Gasteiger partial charge in [-0.1, -0.05) is 38.7 Å². The van der Waals surface area contributed by atoms with Crippen LogP contribution in [0.4, 0.5) is 0 Å². The van der Waals surface area contributed by atoms with Gasteiger partial charge < -0.3 is 5.32 Å². The second-order valence-corrected chi connectivity index (χ2v) is 3.43. The first-order valence-electron chi connectivity index (χ1n) is 4.81. The molecule has 0 aromatic heterocycles. The molecule has 0 saturated carbocycles. The van der Waals surface area contributed by atoms with Crippen molar-refractivity contribution in [2.24, 2.45) is 5.92 Å². The predicted octanol–water partition coefficient (Wildman–Crippen LogP) is 2.45.